The zero-order valence-corrected chi connectivity index (χ0v) is 10.1. The summed E-state index contributed by atoms with van der Waals surface area (Å²) in [6.07, 6.45) is 0. The number of carbonyl (C=O) groups excluding carboxylic acids is 1. The van der Waals surface area contributed by atoms with Crippen molar-refractivity contribution in [3.8, 4) is 5.88 Å². The zero-order valence-electron chi connectivity index (χ0n) is 10.1. The molecule has 0 aliphatic carbocycles. The average Bonchev–Trinajstić information content (AvgIpc) is 2.83. The van der Waals surface area contributed by atoms with Crippen molar-refractivity contribution < 1.29 is 14.1 Å². The predicted octanol–water partition coefficient (Wildman–Crippen LogP) is 1.89. The highest BCUT2D eigenvalue weighted by Crippen LogP contribution is 2.13. The van der Waals surface area contributed by atoms with E-state index in [1.54, 1.807) is 6.07 Å². The van der Waals surface area contributed by atoms with E-state index in [0.29, 0.717) is 24.8 Å². The van der Waals surface area contributed by atoms with Crippen LogP contribution in [0.15, 0.2) is 40.9 Å². The second-order valence-electron chi connectivity index (χ2n) is 3.82. The predicted molar refractivity (Wildman–Crippen MR) is 64.8 cm³/mol. The maximum atomic E-state index is 10.7. The fourth-order valence-electron chi connectivity index (χ4n) is 1.39. The van der Waals surface area contributed by atoms with Gasteiger partial charge in [0.2, 0.25) is 5.91 Å². The van der Waals surface area contributed by atoms with Crippen molar-refractivity contribution >= 4 is 5.91 Å². The molecule has 1 amide bonds. The van der Waals surface area contributed by atoms with Crippen molar-refractivity contribution in [2.75, 3.05) is 0 Å². The van der Waals surface area contributed by atoms with Gasteiger partial charge in [-0.2, -0.15) is 0 Å². The van der Waals surface area contributed by atoms with Crippen LogP contribution < -0.4 is 10.1 Å². The Bertz CT molecular complexity index is 508. The summed E-state index contributed by atoms with van der Waals surface area (Å²) in [4.78, 5) is 10.7. The van der Waals surface area contributed by atoms with Crippen LogP contribution in [0.1, 0.15) is 18.2 Å². The molecule has 18 heavy (non-hydrogen) atoms. The molecule has 0 spiro atoms. The standard InChI is InChI=1S/C13H14N2O3/c1-10(16)14-8-12-7-13(15-18-12)17-9-11-5-3-2-4-6-11/h2-7H,8-9H2,1H3,(H,14,16). The van der Waals surface area contributed by atoms with Crippen LogP contribution in [0.25, 0.3) is 0 Å². The van der Waals surface area contributed by atoms with Crippen LogP contribution in [-0.2, 0) is 17.9 Å². The number of nitrogens with one attached hydrogen (secondary N) is 1. The molecule has 0 fully saturated rings. The Balaban J connectivity index is 1.85. The van der Waals surface area contributed by atoms with E-state index in [9.17, 15) is 4.79 Å². The van der Waals surface area contributed by atoms with Gasteiger partial charge in [-0.3, -0.25) is 4.79 Å². The summed E-state index contributed by atoms with van der Waals surface area (Å²) in [7, 11) is 0. The SMILES string of the molecule is CC(=O)NCc1cc(OCc2ccccc2)no1. The van der Waals surface area contributed by atoms with Crippen LogP contribution in [0.4, 0.5) is 0 Å². The van der Waals surface area contributed by atoms with Gasteiger partial charge in [-0.05, 0) is 10.7 Å². The molecule has 0 radical (unpaired) electrons. The minimum absolute atomic E-state index is 0.113. The number of ether oxygens (including phenoxy) is 1. The molecular formula is C13H14N2O3. The van der Waals surface area contributed by atoms with Gasteiger partial charge in [0.1, 0.15) is 6.61 Å². The molecular weight excluding hydrogens is 232 g/mol. The molecule has 1 aromatic heterocycles. The lowest BCUT2D eigenvalue weighted by Gasteiger charge is -2.00. The van der Waals surface area contributed by atoms with Gasteiger partial charge in [-0.15, -0.1) is 0 Å². The number of rotatable bonds is 5. The van der Waals surface area contributed by atoms with Crippen LogP contribution in [0.3, 0.4) is 0 Å². The first-order valence-corrected chi connectivity index (χ1v) is 5.61. The quantitative estimate of drug-likeness (QED) is 0.875. The number of aromatic nitrogens is 1. The average molecular weight is 246 g/mol. The topological polar surface area (TPSA) is 64.4 Å². The van der Waals surface area contributed by atoms with Gasteiger partial charge in [0.25, 0.3) is 5.88 Å². The second-order valence-corrected chi connectivity index (χ2v) is 3.82. The highest BCUT2D eigenvalue weighted by molar-refractivity contribution is 5.72. The molecule has 0 aliphatic rings. The number of nitrogens with zero attached hydrogens (tertiary/aromatic N) is 1. The van der Waals surface area contributed by atoms with Gasteiger partial charge in [0.05, 0.1) is 6.54 Å². The zero-order chi connectivity index (χ0) is 12.8. The van der Waals surface area contributed by atoms with Gasteiger partial charge in [0.15, 0.2) is 5.76 Å². The van der Waals surface area contributed by atoms with Crippen molar-refractivity contribution in [2.24, 2.45) is 0 Å². The molecule has 1 N–H and O–H groups in total. The Kier molecular flexibility index (Phi) is 3.96. The number of carbonyl (C=O) groups is 1. The molecule has 0 atom stereocenters. The lowest BCUT2D eigenvalue weighted by atomic mass is 10.2. The fourth-order valence-corrected chi connectivity index (χ4v) is 1.39. The lowest BCUT2D eigenvalue weighted by molar-refractivity contribution is -0.119. The molecule has 0 saturated heterocycles. The molecule has 2 rings (SSSR count). The van der Waals surface area contributed by atoms with E-state index >= 15 is 0 Å². The van der Waals surface area contributed by atoms with Gasteiger partial charge in [-0.1, -0.05) is 30.3 Å². The van der Waals surface area contributed by atoms with E-state index in [2.05, 4.69) is 10.5 Å². The van der Waals surface area contributed by atoms with Gasteiger partial charge < -0.3 is 14.6 Å². The summed E-state index contributed by atoms with van der Waals surface area (Å²) < 4.78 is 10.5. The Labute approximate surface area is 105 Å². The molecule has 0 saturated carbocycles. The van der Waals surface area contributed by atoms with Crippen LogP contribution in [0.5, 0.6) is 5.88 Å². The van der Waals surface area contributed by atoms with Crippen LogP contribution in [0, 0.1) is 0 Å². The highest BCUT2D eigenvalue weighted by Gasteiger charge is 2.05. The minimum Gasteiger partial charge on any atom is -0.471 e. The molecule has 5 nitrogen and oxygen atoms in total. The van der Waals surface area contributed by atoms with Crippen molar-refractivity contribution in [1.29, 1.82) is 0 Å². The second kappa shape index (κ2) is 5.86. The third-order valence-electron chi connectivity index (χ3n) is 2.28. The van der Waals surface area contributed by atoms with Gasteiger partial charge in [-0.25, -0.2) is 0 Å². The lowest BCUT2D eigenvalue weighted by Crippen LogP contribution is -2.18. The van der Waals surface area contributed by atoms with E-state index in [1.165, 1.54) is 6.92 Å². The first kappa shape index (κ1) is 12.2. The number of benzene rings is 1. The van der Waals surface area contributed by atoms with Crippen molar-refractivity contribution in [3.63, 3.8) is 0 Å². The fraction of sp³-hybridized carbons (Fsp3) is 0.231. The third-order valence-corrected chi connectivity index (χ3v) is 2.28. The molecule has 0 unspecified atom stereocenters. The first-order chi connectivity index (χ1) is 8.74. The Morgan fingerprint density at radius 1 is 1.39 bits per heavy atom. The number of amides is 1. The molecule has 0 aliphatic heterocycles. The molecule has 94 valence electrons. The number of hydrogen-bond acceptors (Lipinski definition) is 4. The van der Waals surface area contributed by atoms with Crippen molar-refractivity contribution in [1.82, 2.24) is 10.5 Å². The number of hydrogen-bond donors (Lipinski definition) is 1. The van der Waals surface area contributed by atoms with E-state index in [-0.39, 0.29) is 5.91 Å². The summed E-state index contributed by atoms with van der Waals surface area (Å²) in [6, 6.07) is 11.5. The summed E-state index contributed by atoms with van der Waals surface area (Å²) in [5.74, 6) is 0.866. The van der Waals surface area contributed by atoms with Crippen LogP contribution in [-0.4, -0.2) is 11.1 Å². The van der Waals surface area contributed by atoms with E-state index in [1.807, 2.05) is 30.3 Å². The Morgan fingerprint density at radius 2 is 2.17 bits per heavy atom. The third kappa shape index (κ3) is 3.62. The van der Waals surface area contributed by atoms with E-state index in [0.717, 1.165) is 5.56 Å². The highest BCUT2D eigenvalue weighted by atomic mass is 16.5. The molecule has 2 aromatic rings. The van der Waals surface area contributed by atoms with E-state index in [4.69, 9.17) is 9.26 Å². The summed E-state index contributed by atoms with van der Waals surface area (Å²) in [5, 5.41) is 6.38. The minimum atomic E-state index is -0.113. The summed E-state index contributed by atoms with van der Waals surface area (Å²) >= 11 is 0. The Morgan fingerprint density at radius 3 is 2.89 bits per heavy atom. The summed E-state index contributed by atoms with van der Waals surface area (Å²) in [6.45, 7) is 2.20. The molecule has 1 heterocycles. The van der Waals surface area contributed by atoms with E-state index < -0.39 is 0 Å². The van der Waals surface area contributed by atoms with Crippen molar-refractivity contribution in [3.05, 3.63) is 47.7 Å². The van der Waals surface area contributed by atoms with Crippen molar-refractivity contribution in [2.45, 2.75) is 20.1 Å². The smallest absolute Gasteiger partial charge is 0.254 e. The normalized spacial score (nSPS) is 10.1. The molecule has 1 aromatic carbocycles. The maximum absolute atomic E-state index is 10.7. The summed E-state index contributed by atoms with van der Waals surface area (Å²) in [5.41, 5.74) is 1.06. The van der Waals surface area contributed by atoms with Crippen LogP contribution in [0.2, 0.25) is 0 Å². The molecule has 0 bridgehead atoms. The molecule has 5 heteroatoms. The first-order valence-electron chi connectivity index (χ1n) is 5.61. The van der Waals surface area contributed by atoms with Crippen LogP contribution >= 0.6 is 0 Å². The monoisotopic (exact) mass is 246 g/mol. The van der Waals surface area contributed by atoms with Gasteiger partial charge in [0, 0.05) is 13.0 Å². The van der Waals surface area contributed by atoms with Gasteiger partial charge >= 0.3 is 0 Å². The largest absolute Gasteiger partial charge is 0.471 e. The Hall–Kier alpha value is -2.30. The maximum Gasteiger partial charge on any atom is 0.254 e.